The van der Waals surface area contributed by atoms with E-state index in [0.29, 0.717) is 11.1 Å². The van der Waals surface area contributed by atoms with Crippen LogP contribution in [0.4, 0.5) is 0 Å². The van der Waals surface area contributed by atoms with E-state index in [1.54, 1.807) is 13.8 Å². The van der Waals surface area contributed by atoms with E-state index in [-0.39, 0.29) is 27.6 Å². The number of hydrogen-bond donors (Lipinski definition) is 6. The smallest absolute Gasteiger partial charge is 0.372 e. The molecule has 0 bridgehead atoms. The summed E-state index contributed by atoms with van der Waals surface area (Å²) >= 11 is 0. The summed E-state index contributed by atoms with van der Waals surface area (Å²) in [6.07, 6.45) is 0. The third kappa shape index (κ3) is 5.25. The molecule has 37 heavy (non-hydrogen) atoms. The van der Waals surface area contributed by atoms with Gasteiger partial charge in [0.05, 0.1) is 0 Å². The van der Waals surface area contributed by atoms with E-state index in [1.807, 2.05) is 0 Å². The Morgan fingerprint density at radius 2 is 0.784 bits per heavy atom. The van der Waals surface area contributed by atoms with Crippen molar-refractivity contribution in [3.05, 3.63) is 70.8 Å². The highest BCUT2D eigenvalue weighted by Crippen LogP contribution is 2.92. The lowest BCUT2D eigenvalue weighted by molar-refractivity contribution is 0.243. The fraction of sp³-hybridized carbons (Fsp3) is 0.333. The molecule has 0 aliphatic carbocycles. The molecule has 1 saturated heterocycles. The topological polar surface area (TPSA) is 286 Å². The van der Waals surface area contributed by atoms with Crippen LogP contribution in [-0.4, -0.2) is 50.1 Å². The Hall–Kier alpha value is -1.08. The average molecular weight is 608 g/mol. The second kappa shape index (κ2) is 11.6. The van der Waals surface area contributed by atoms with Crippen LogP contribution in [0.5, 0.6) is 0 Å². The van der Waals surface area contributed by atoms with E-state index >= 15 is 0 Å². The molecule has 12 N–H and O–H groups in total. The minimum atomic E-state index is -5.69. The Morgan fingerprint density at radius 1 is 0.568 bits per heavy atom. The molecule has 0 aromatic heterocycles. The molecule has 0 saturated carbocycles. The summed E-state index contributed by atoms with van der Waals surface area (Å²) < 4.78 is 64.3. The van der Waals surface area contributed by atoms with Crippen molar-refractivity contribution in [3.8, 4) is 0 Å². The van der Waals surface area contributed by atoms with Crippen molar-refractivity contribution in [2.24, 2.45) is 0 Å². The summed E-state index contributed by atoms with van der Waals surface area (Å²) in [5, 5.41) is -1.73. The summed E-state index contributed by atoms with van der Waals surface area (Å²) in [5.41, 5.74) is 0.670. The van der Waals surface area contributed by atoms with Gasteiger partial charge in [-0.3, -0.25) is 28.9 Å². The Labute approximate surface area is 212 Å². The quantitative estimate of drug-likeness (QED) is 0.265. The number of benzene rings is 2. The van der Waals surface area contributed by atoms with Gasteiger partial charge in [-0.2, -0.15) is 0 Å². The number of nitrogens with one attached hydrogen (secondary N) is 2. The fourth-order valence-corrected chi connectivity index (χ4v) is 15.1. The van der Waals surface area contributed by atoms with Gasteiger partial charge < -0.3 is 36.0 Å². The van der Waals surface area contributed by atoms with Gasteiger partial charge in [0.1, 0.15) is 0 Å². The molecule has 2 aromatic carbocycles. The molecule has 4 atom stereocenters. The number of hydrogen-bond acceptors (Lipinski definition) is 8. The van der Waals surface area contributed by atoms with Crippen molar-refractivity contribution in [2.45, 2.75) is 23.9 Å². The summed E-state index contributed by atoms with van der Waals surface area (Å²) in [4.78, 5) is 44.0. The molecule has 15 nitrogen and oxygen atoms in total. The van der Waals surface area contributed by atoms with Crippen LogP contribution in [0.25, 0.3) is 0 Å². The maximum absolute atomic E-state index is 13.6. The number of aryl methyl sites for hydroxylation is 2. The van der Waals surface area contributed by atoms with E-state index in [1.165, 1.54) is 48.5 Å². The Kier molecular flexibility index (Phi) is 11.2. The van der Waals surface area contributed by atoms with Gasteiger partial charge in [-0.05, 0) is 39.1 Å². The lowest BCUT2D eigenvalue weighted by Gasteiger charge is -2.46. The van der Waals surface area contributed by atoms with Crippen LogP contribution in [0.15, 0.2) is 48.5 Å². The Morgan fingerprint density at radius 3 is 0.973 bits per heavy atom. The molecule has 212 valence electrons. The molecular formula is C18H32N2O13P4. The molecule has 3 rings (SSSR count). The zero-order chi connectivity index (χ0) is 25.8. The first-order valence-corrected chi connectivity index (χ1v) is 16.1. The molecule has 1 aliphatic rings. The SMILES string of the molecule is CNC1(c2ccc(C)cc2)P(=O)(O)OP(=O)(O)C(NC)(c2ccc(C)cc2)P(=O)(O)OP1(=O)O.O.O.O. The van der Waals surface area contributed by atoms with Crippen molar-refractivity contribution in [2.75, 3.05) is 14.1 Å². The van der Waals surface area contributed by atoms with Gasteiger partial charge in [-0.1, -0.05) is 59.7 Å². The Balaban J connectivity index is 0.00000432. The van der Waals surface area contributed by atoms with E-state index in [9.17, 15) is 37.8 Å². The van der Waals surface area contributed by atoms with E-state index in [2.05, 4.69) is 10.6 Å². The van der Waals surface area contributed by atoms with Crippen molar-refractivity contribution in [3.63, 3.8) is 0 Å². The first-order valence-electron chi connectivity index (χ1n) is 9.80. The van der Waals surface area contributed by atoms with E-state index in [4.69, 9.17) is 8.62 Å². The largest absolute Gasteiger partial charge is 0.412 e. The van der Waals surface area contributed by atoms with Gasteiger partial charge in [0.25, 0.3) is 0 Å². The van der Waals surface area contributed by atoms with Crippen molar-refractivity contribution in [1.82, 2.24) is 10.6 Å². The van der Waals surface area contributed by atoms with Crippen LogP contribution in [0.3, 0.4) is 0 Å². The van der Waals surface area contributed by atoms with E-state index < -0.39 is 40.4 Å². The normalized spacial score (nSPS) is 37.6. The van der Waals surface area contributed by atoms with Crippen LogP contribution in [0.2, 0.25) is 0 Å². The first kappa shape index (κ1) is 35.9. The van der Waals surface area contributed by atoms with Crippen LogP contribution in [0.1, 0.15) is 22.3 Å². The standard InChI is InChI=1S/C18H26N2O10P4.3H2O/c1-13-5-9-15(10-6-13)17(19-3)31(21,22)29-33(25,26)18(20-4,16-11-7-14(2)8-12-16)34(27,28)30-32(17,23)24;;;/h5-12,19-20H,1-4H3,(H,21,22)(H,23,24)(H,25,26)(H,27,28);3*1H2. The van der Waals surface area contributed by atoms with Gasteiger partial charge in [-0.15, -0.1) is 0 Å². The molecule has 0 radical (unpaired) electrons. The van der Waals surface area contributed by atoms with Crippen LogP contribution >= 0.6 is 30.4 Å². The van der Waals surface area contributed by atoms with Gasteiger partial charge in [0.2, 0.25) is 10.0 Å². The zero-order valence-corrected chi connectivity index (χ0v) is 23.7. The summed E-state index contributed by atoms with van der Waals surface area (Å²) in [5.74, 6) is 0. The monoisotopic (exact) mass is 608 g/mol. The Bertz CT molecular complexity index is 1140. The maximum Gasteiger partial charge on any atom is 0.372 e. The van der Waals surface area contributed by atoms with Crippen molar-refractivity contribution >= 4 is 30.4 Å². The highest BCUT2D eigenvalue weighted by Gasteiger charge is 2.76. The second-order valence-electron chi connectivity index (χ2n) is 7.82. The average Bonchev–Trinajstić information content (AvgIpc) is 2.69. The molecule has 2 aromatic rings. The predicted molar refractivity (Wildman–Crippen MR) is 136 cm³/mol. The predicted octanol–water partition coefficient (Wildman–Crippen LogP) is 0.977. The third-order valence-corrected chi connectivity index (χ3v) is 17.5. The van der Waals surface area contributed by atoms with Gasteiger partial charge in [0, 0.05) is 0 Å². The lowest BCUT2D eigenvalue weighted by Crippen LogP contribution is -2.46. The molecule has 1 fully saturated rings. The summed E-state index contributed by atoms with van der Waals surface area (Å²) in [6.45, 7) is 3.37. The number of rotatable bonds is 4. The van der Waals surface area contributed by atoms with Gasteiger partial charge >= 0.3 is 30.4 Å². The van der Waals surface area contributed by atoms with Crippen molar-refractivity contribution < 1.29 is 62.9 Å². The summed E-state index contributed by atoms with van der Waals surface area (Å²) in [6, 6.07) is 10.5. The molecule has 19 heteroatoms. The summed E-state index contributed by atoms with van der Waals surface area (Å²) in [7, 11) is -20.8. The zero-order valence-electron chi connectivity index (χ0n) is 20.1. The molecular weight excluding hydrogens is 576 g/mol. The molecule has 1 heterocycles. The molecule has 4 unspecified atom stereocenters. The van der Waals surface area contributed by atoms with Crippen LogP contribution < -0.4 is 10.6 Å². The van der Waals surface area contributed by atoms with Gasteiger partial charge in [-0.25, -0.2) is 8.62 Å². The minimum absolute atomic E-state index is 0. The first-order chi connectivity index (χ1) is 15.5. The van der Waals surface area contributed by atoms with Crippen LogP contribution in [0, 0.1) is 13.8 Å². The highest BCUT2D eigenvalue weighted by molar-refractivity contribution is 7.85. The van der Waals surface area contributed by atoms with Crippen molar-refractivity contribution in [1.29, 1.82) is 0 Å². The van der Waals surface area contributed by atoms with Crippen LogP contribution in [-0.2, 0) is 36.9 Å². The third-order valence-electron chi connectivity index (χ3n) is 5.68. The molecule has 0 amide bonds. The fourth-order valence-electron chi connectivity index (χ4n) is 3.93. The molecule has 1 aliphatic heterocycles. The van der Waals surface area contributed by atoms with E-state index in [0.717, 1.165) is 14.1 Å². The highest BCUT2D eigenvalue weighted by atomic mass is 31.3. The maximum atomic E-state index is 13.6. The molecule has 0 spiro atoms. The van der Waals surface area contributed by atoms with Gasteiger partial charge in [0.15, 0.2) is 0 Å². The lowest BCUT2D eigenvalue weighted by atomic mass is 10.1. The second-order valence-corrected chi connectivity index (χ2v) is 16.7. The minimum Gasteiger partial charge on any atom is -0.412 e.